The smallest absolute Gasteiger partial charge is 0.253 e. The molecule has 1 aromatic rings. The summed E-state index contributed by atoms with van der Waals surface area (Å²) in [5.74, 6) is -0.787. The van der Waals surface area contributed by atoms with Gasteiger partial charge in [0.2, 0.25) is 11.8 Å². The fraction of sp³-hybridized carbons (Fsp3) is 0.385. The number of nitrogens with zero attached hydrogens (tertiary/aromatic N) is 1. The van der Waals surface area contributed by atoms with Crippen LogP contribution in [0.1, 0.15) is 30.1 Å². The van der Waals surface area contributed by atoms with Gasteiger partial charge < -0.3 is 10.6 Å². The summed E-state index contributed by atoms with van der Waals surface area (Å²) >= 11 is 5.96. The van der Waals surface area contributed by atoms with E-state index in [2.05, 4.69) is 20.9 Å². The van der Waals surface area contributed by atoms with Crippen molar-refractivity contribution in [3.8, 4) is 0 Å². The molecule has 0 aliphatic carbocycles. The number of hydrogen-bond donors (Lipinski definition) is 3. The Morgan fingerprint density at radius 3 is 2.95 bits per heavy atom. The molecule has 0 bridgehead atoms. The Morgan fingerprint density at radius 2 is 2.29 bits per heavy atom. The lowest BCUT2D eigenvalue weighted by atomic mass is 10.1. The van der Waals surface area contributed by atoms with Crippen LogP contribution in [0.3, 0.4) is 0 Å². The van der Waals surface area contributed by atoms with Gasteiger partial charge in [0.05, 0.1) is 10.6 Å². The molecule has 21 heavy (non-hydrogen) atoms. The maximum Gasteiger partial charge on any atom is 0.253 e. The van der Waals surface area contributed by atoms with Gasteiger partial charge in [0, 0.05) is 19.2 Å². The van der Waals surface area contributed by atoms with Crippen LogP contribution in [0.15, 0.2) is 12.3 Å². The minimum absolute atomic E-state index is 0.196. The summed E-state index contributed by atoms with van der Waals surface area (Å²) in [6.07, 6.45) is 1.85. The number of pyridine rings is 1. The predicted molar refractivity (Wildman–Crippen MR) is 77.0 cm³/mol. The van der Waals surface area contributed by atoms with Gasteiger partial charge >= 0.3 is 0 Å². The number of nitrogens with one attached hydrogen (secondary N) is 3. The first-order valence-corrected chi connectivity index (χ1v) is 6.93. The van der Waals surface area contributed by atoms with E-state index in [-0.39, 0.29) is 29.3 Å². The van der Waals surface area contributed by atoms with E-state index in [0.29, 0.717) is 12.4 Å². The van der Waals surface area contributed by atoms with E-state index < -0.39 is 17.9 Å². The van der Waals surface area contributed by atoms with Crippen LogP contribution in [-0.2, 0) is 9.59 Å². The molecule has 7 nitrogen and oxygen atoms in total. The van der Waals surface area contributed by atoms with Crippen molar-refractivity contribution in [3.63, 3.8) is 0 Å². The molecular weight excluding hydrogens is 296 g/mol. The normalized spacial score (nSPS) is 18.1. The van der Waals surface area contributed by atoms with Crippen molar-refractivity contribution < 1.29 is 14.4 Å². The molecule has 1 unspecified atom stereocenters. The fourth-order valence-corrected chi connectivity index (χ4v) is 2.15. The highest BCUT2D eigenvalue weighted by Gasteiger charge is 2.28. The Hall–Kier alpha value is -2.15. The first-order chi connectivity index (χ1) is 10.0. The Labute approximate surface area is 126 Å². The topological polar surface area (TPSA) is 100 Å². The van der Waals surface area contributed by atoms with E-state index in [4.69, 9.17) is 11.6 Å². The Balaban J connectivity index is 2.11. The second-order valence-corrected chi connectivity index (χ2v) is 4.96. The first kappa shape index (κ1) is 15.2. The zero-order valence-corrected chi connectivity index (χ0v) is 12.2. The molecule has 2 rings (SSSR count). The zero-order chi connectivity index (χ0) is 15.4. The molecule has 0 spiro atoms. The summed E-state index contributed by atoms with van der Waals surface area (Å²) in [6, 6.07) is 0.787. The van der Waals surface area contributed by atoms with Gasteiger partial charge in [-0.3, -0.25) is 19.7 Å². The molecule has 1 aliphatic rings. The van der Waals surface area contributed by atoms with Gasteiger partial charge in [-0.05, 0) is 19.4 Å². The summed E-state index contributed by atoms with van der Waals surface area (Å²) in [7, 11) is 0. The van der Waals surface area contributed by atoms with Gasteiger partial charge in [0.15, 0.2) is 0 Å². The standard InChI is InChI=1S/C13H15ClN4O3/c1-2-15-10-5-7(8(14)6-16-10)12(20)17-9-3-4-11(19)18-13(9)21/h5-6,9H,2-4H2,1H3,(H,15,16)(H,17,20)(H,18,19,21). The van der Waals surface area contributed by atoms with Crippen molar-refractivity contribution in [3.05, 3.63) is 22.8 Å². The number of imide groups is 1. The van der Waals surface area contributed by atoms with Crippen molar-refractivity contribution in [2.24, 2.45) is 0 Å². The third kappa shape index (κ3) is 3.69. The highest BCUT2D eigenvalue weighted by Crippen LogP contribution is 2.18. The van der Waals surface area contributed by atoms with E-state index in [1.165, 1.54) is 12.3 Å². The van der Waals surface area contributed by atoms with Crippen LogP contribution in [0.5, 0.6) is 0 Å². The predicted octanol–water partition coefficient (Wildman–Crippen LogP) is 0.702. The Morgan fingerprint density at radius 1 is 1.52 bits per heavy atom. The van der Waals surface area contributed by atoms with Gasteiger partial charge in [-0.2, -0.15) is 0 Å². The number of amides is 3. The number of carbonyl (C=O) groups is 3. The number of aromatic nitrogens is 1. The lowest BCUT2D eigenvalue weighted by Crippen LogP contribution is -2.52. The molecule has 1 aliphatic heterocycles. The Kier molecular flexibility index (Phi) is 4.74. The quantitative estimate of drug-likeness (QED) is 0.711. The number of carbonyl (C=O) groups excluding carboxylic acids is 3. The molecule has 8 heteroatoms. The number of piperidine rings is 1. The van der Waals surface area contributed by atoms with E-state index in [1.54, 1.807) is 0 Å². The largest absolute Gasteiger partial charge is 0.370 e. The molecule has 3 amide bonds. The van der Waals surface area contributed by atoms with E-state index in [1.807, 2.05) is 6.92 Å². The minimum Gasteiger partial charge on any atom is -0.370 e. The average Bonchev–Trinajstić information content (AvgIpc) is 2.44. The van der Waals surface area contributed by atoms with E-state index in [9.17, 15) is 14.4 Å². The van der Waals surface area contributed by atoms with Crippen molar-refractivity contribution >= 4 is 35.1 Å². The van der Waals surface area contributed by atoms with Gasteiger partial charge in [-0.25, -0.2) is 4.98 Å². The van der Waals surface area contributed by atoms with Gasteiger partial charge in [-0.1, -0.05) is 11.6 Å². The van der Waals surface area contributed by atoms with Crippen molar-refractivity contribution in [2.45, 2.75) is 25.8 Å². The number of halogens is 1. The van der Waals surface area contributed by atoms with E-state index >= 15 is 0 Å². The fourth-order valence-electron chi connectivity index (χ4n) is 1.96. The van der Waals surface area contributed by atoms with Crippen molar-refractivity contribution in [2.75, 3.05) is 11.9 Å². The number of anilines is 1. The van der Waals surface area contributed by atoms with Crippen LogP contribution < -0.4 is 16.0 Å². The summed E-state index contributed by atoms with van der Waals surface area (Å²) in [4.78, 5) is 38.9. The van der Waals surface area contributed by atoms with Gasteiger partial charge in [0.25, 0.3) is 5.91 Å². The van der Waals surface area contributed by atoms with E-state index in [0.717, 1.165) is 0 Å². The first-order valence-electron chi connectivity index (χ1n) is 6.55. The molecule has 0 saturated carbocycles. The van der Waals surface area contributed by atoms with Crippen LogP contribution in [-0.4, -0.2) is 35.3 Å². The molecule has 1 saturated heterocycles. The monoisotopic (exact) mass is 310 g/mol. The summed E-state index contributed by atoms with van der Waals surface area (Å²) in [5.41, 5.74) is 0.229. The molecule has 1 fully saturated rings. The maximum atomic E-state index is 12.2. The average molecular weight is 311 g/mol. The lowest BCUT2D eigenvalue weighted by molar-refractivity contribution is -0.134. The van der Waals surface area contributed by atoms with Crippen LogP contribution in [0.4, 0.5) is 5.82 Å². The third-order valence-electron chi connectivity index (χ3n) is 3.00. The molecule has 112 valence electrons. The molecule has 0 aromatic carbocycles. The molecule has 3 N–H and O–H groups in total. The highest BCUT2D eigenvalue weighted by molar-refractivity contribution is 6.33. The number of rotatable bonds is 4. The second kappa shape index (κ2) is 6.53. The molecular formula is C13H15ClN4O3. The summed E-state index contributed by atoms with van der Waals surface area (Å²) < 4.78 is 0. The Bertz CT molecular complexity index is 591. The van der Waals surface area contributed by atoms with Gasteiger partial charge in [-0.15, -0.1) is 0 Å². The molecule has 0 radical (unpaired) electrons. The van der Waals surface area contributed by atoms with Crippen LogP contribution >= 0.6 is 11.6 Å². The SMILES string of the molecule is CCNc1cc(C(=O)NC2CCC(=O)NC2=O)c(Cl)cn1. The third-order valence-corrected chi connectivity index (χ3v) is 3.30. The second-order valence-electron chi connectivity index (χ2n) is 4.56. The van der Waals surface area contributed by atoms with Crippen LogP contribution in [0.25, 0.3) is 0 Å². The summed E-state index contributed by atoms with van der Waals surface area (Å²) in [6.45, 7) is 2.56. The van der Waals surface area contributed by atoms with Crippen molar-refractivity contribution in [1.82, 2.24) is 15.6 Å². The highest BCUT2D eigenvalue weighted by atomic mass is 35.5. The van der Waals surface area contributed by atoms with Gasteiger partial charge in [0.1, 0.15) is 11.9 Å². The molecule has 2 heterocycles. The zero-order valence-electron chi connectivity index (χ0n) is 11.4. The molecule has 1 aromatic heterocycles. The minimum atomic E-state index is -0.734. The van der Waals surface area contributed by atoms with Crippen LogP contribution in [0.2, 0.25) is 5.02 Å². The van der Waals surface area contributed by atoms with Crippen LogP contribution in [0, 0.1) is 0 Å². The van der Waals surface area contributed by atoms with Crippen molar-refractivity contribution in [1.29, 1.82) is 0 Å². The maximum absolute atomic E-state index is 12.2. The number of hydrogen-bond acceptors (Lipinski definition) is 5. The lowest BCUT2D eigenvalue weighted by Gasteiger charge is -2.22. The molecule has 1 atom stereocenters. The summed E-state index contributed by atoms with van der Waals surface area (Å²) in [5, 5.41) is 7.92.